The highest BCUT2D eigenvalue weighted by Gasteiger charge is 2.32. The van der Waals surface area contributed by atoms with E-state index in [0.29, 0.717) is 0 Å². The molecule has 16 heavy (non-hydrogen) atoms. The lowest BCUT2D eigenvalue weighted by Crippen LogP contribution is -2.48. The molecule has 4 heteroatoms. The summed E-state index contributed by atoms with van der Waals surface area (Å²) in [6.45, 7) is 8.29. The van der Waals surface area contributed by atoms with Crippen LogP contribution in [0, 0.1) is 0 Å². The number of hydrogen-bond donors (Lipinski definition) is 0. The Hall–Kier alpha value is -0.0900. The first kappa shape index (κ1) is 14.0. The zero-order chi connectivity index (χ0) is 12.2. The number of alkyl halides is 1. The fraction of sp³-hybridized carbons (Fsp3) is 0.917. The van der Waals surface area contributed by atoms with Gasteiger partial charge in [-0.25, -0.2) is 0 Å². The molecule has 0 aromatic carbocycles. The third kappa shape index (κ3) is 4.06. The molecule has 1 amide bonds. The summed E-state index contributed by atoms with van der Waals surface area (Å²) in [5.74, 6) is 0.164. The molecule has 1 saturated heterocycles. The molecule has 1 heterocycles. The van der Waals surface area contributed by atoms with E-state index in [9.17, 15) is 4.79 Å². The lowest BCUT2D eigenvalue weighted by atomic mass is 10.1. The summed E-state index contributed by atoms with van der Waals surface area (Å²) in [5.41, 5.74) is 0. The van der Waals surface area contributed by atoms with Gasteiger partial charge in [-0.05, 0) is 33.1 Å². The van der Waals surface area contributed by atoms with Gasteiger partial charge in [-0.15, -0.1) is 0 Å². The van der Waals surface area contributed by atoms with Gasteiger partial charge in [0.15, 0.2) is 0 Å². The number of ether oxygens (including phenoxy) is 1. The molecule has 1 atom stereocenters. The predicted octanol–water partition coefficient (Wildman–Crippen LogP) is 2.58. The molecule has 1 aliphatic rings. The topological polar surface area (TPSA) is 29.5 Å². The van der Waals surface area contributed by atoms with Crippen molar-refractivity contribution < 1.29 is 9.53 Å². The third-order valence-electron chi connectivity index (χ3n) is 2.73. The monoisotopic (exact) mass is 291 g/mol. The molecule has 1 fully saturated rings. The van der Waals surface area contributed by atoms with Gasteiger partial charge in [0.25, 0.3) is 0 Å². The summed E-state index contributed by atoms with van der Waals surface area (Å²) >= 11 is 3.42. The van der Waals surface area contributed by atoms with Gasteiger partial charge >= 0.3 is 0 Å². The molecular formula is C12H22BrNO2. The van der Waals surface area contributed by atoms with Crippen molar-refractivity contribution in [2.45, 2.75) is 50.5 Å². The van der Waals surface area contributed by atoms with E-state index in [1.165, 1.54) is 0 Å². The zero-order valence-corrected chi connectivity index (χ0v) is 12.0. The Morgan fingerprint density at radius 2 is 2.25 bits per heavy atom. The van der Waals surface area contributed by atoms with Crippen molar-refractivity contribution >= 4 is 21.8 Å². The standard InChI is InChI=1S/C12H22BrNO2/c1-4-8-16-10-6-5-7-14(9-10)11(15)12(2,3)13/h10H,4-9H2,1-3H3. The maximum absolute atomic E-state index is 12.1. The first-order valence-corrected chi connectivity index (χ1v) is 6.84. The molecule has 0 spiro atoms. The summed E-state index contributed by atoms with van der Waals surface area (Å²) < 4.78 is 5.26. The highest BCUT2D eigenvalue weighted by atomic mass is 79.9. The number of amides is 1. The van der Waals surface area contributed by atoms with Crippen molar-refractivity contribution in [3.63, 3.8) is 0 Å². The van der Waals surface area contributed by atoms with E-state index >= 15 is 0 Å². The van der Waals surface area contributed by atoms with Crippen LogP contribution < -0.4 is 0 Å². The van der Waals surface area contributed by atoms with Crippen LogP contribution in [-0.2, 0) is 9.53 Å². The number of halogens is 1. The molecular weight excluding hydrogens is 270 g/mol. The number of piperidine rings is 1. The first-order chi connectivity index (χ1) is 7.45. The second-order valence-corrected chi connectivity index (χ2v) is 6.84. The van der Waals surface area contributed by atoms with Crippen molar-refractivity contribution in [2.24, 2.45) is 0 Å². The lowest BCUT2D eigenvalue weighted by Gasteiger charge is -2.35. The van der Waals surface area contributed by atoms with Crippen LogP contribution in [-0.4, -0.2) is 40.9 Å². The average molecular weight is 292 g/mol. The van der Waals surface area contributed by atoms with Crippen LogP contribution >= 0.6 is 15.9 Å². The molecule has 0 N–H and O–H groups in total. The van der Waals surface area contributed by atoms with Crippen LogP contribution in [0.2, 0.25) is 0 Å². The zero-order valence-electron chi connectivity index (χ0n) is 10.5. The van der Waals surface area contributed by atoms with E-state index in [2.05, 4.69) is 22.9 Å². The summed E-state index contributed by atoms with van der Waals surface area (Å²) in [6, 6.07) is 0. The summed E-state index contributed by atoms with van der Waals surface area (Å²) in [6.07, 6.45) is 3.39. The molecule has 1 unspecified atom stereocenters. The molecule has 1 rings (SSSR count). The van der Waals surface area contributed by atoms with Crippen LogP contribution in [0.4, 0.5) is 0 Å². The number of nitrogens with zero attached hydrogens (tertiary/aromatic N) is 1. The maximum atomic E-state index is 12.1. The molecule has 3 nitrogen and oxygen atoms in total. The maximum Gasteiger partial charge on any atom is 0.238 e. The smallest absolute Gasteiger partial charge is 0.238 e. The summed E-state index contributed by atoms with van der Waals surface area (Å²) in [7, 11) is 0. The Balaban J connectivity index is 2.47. The van der Waals surface area contributed by atoms with Crippen molar-refractivity contribution in [1.82, 2.24) is 4.90 Å². The van der Waals surface area contributed by atoms with E-state index in [4.69, 9.17) is 4.74 Å². The largest absolute Gasteiger partial charge is 0.376 e. The van der Waals surface area contributed by atoms with E-state index in [1.54, 1.807) is 0 Å². The highest BCUT2D eigenvalue weighted by Crippen LogP contribution is 2.22. The van der Waals surface area contributed by atoms with Crippen LogP contribution in [0.1, 0.15) is 40.0 Å². The molecule has 0 bridgehead atoms. The Kier molecular flexibility index (Phi) is 5.25. The lowest BCUT2D eigenvalue weighted by molar-refractivity contribution is -0.136. The number of hydrogen-bond acceptors (Lipinski definition) is 2. The molecule has 0 aromatic rings. The average Bonchev–Trinajstić information content (AvgIpc) is 2.24. The Labute approximate surface area is 107 Å². The quantitative estimate of drug-likeness (QED) is 0.745. The minimum atomic E-state index is -0.459. The van der Waals surface area contributed by atoms with Gasteiger partial charge in [-0.1, -0.05) is 22.9 Å². The van der Waals surface area contributed by atoms with Gasteiger partial charge in [0, 0.05) is 19.7 Å². The molecule has 0 saturated carbocycles. The second kappa shape index (κ2) is 6.01. The van der Waals surface area contributed by atoms with Gasteiger partial charge in [0.2, 0.25) is 5.91 Å². The minimum absolute atomic E-state index is 0.164. The fourth-order valence-electron chi connectivity index (χ4n) is 1.92. The molecule has 0 radical (unpaired) electrons. The van der Waals surface area contributed by atoms with Crippen LogP contribution in [0.5, 0.6) is 0 Å². The first-order valence-electron chi connectivity index (χ1n) is 6.05. The SMILES string of the molecule is CCCOC1CCCN(C(=O)C(C)(C)Br)C1. The molecule has 94 valence electrons. The number of carbonyl (C=O) groups excluding carboxylic acids is 1. The Bertz CT molecular complexity index is 238. The number of rotatable bonds is 4. The summed E-state index contributed by atoms with van der Waals surface area (Å²) in [5, 5.41) is 0. The van der Waals surface area contributed by atoms with E-state index in [-0.39, 0.29) is 12.0 Å². The van der Waals surface area contributed by atoms with Crippen LogP contribution in [0.25, 0.3) is 0 Å². The normalized spacial score (nSPS) is 22.2. The van der Waals surface area contributed by atoms with Crippen molar-refractivity contribution in [2.75, 3.05) is 19.7 Å². The van der Waals surface area contributed by atoms with Crippen molar-refractivity contribution in [3.05, 3.63) is 0 Å². The van der Waals surface area contributed by atoms with Crippen molar-refractivity contribution in [1.29, 1.82) is 0 Å². The molecule has 0 aromatic heterocycles. The third-order valence-corrected chi connectivity index (χ3v) is 3.07. The number of carbonyl (C=O) groups is 1. The van der Waals surface area contributed by atoms with E-state index < -0.39 is 4.32 Å². The van der Waals surface area contributed by atoms with Crippen molar-refractivity contribution in [3.8, 4) is 0 Å². The van der Waals surface area contributed by atoms with Gasteiger partial charge in [0.1, 0.15) is 0 Å². The summed E-state index contributed by atoms with van der Waals surface area (Å²) in [4.78, 5) is 14.0. The fourth-order valence-corrected chi connectivity index (χ4v) is 2.17. The Morgan fingerprint density at radius 1 is 1.56 bits per heavy atom. The van der Waals surface area contributed by atoms with Gasteiger partial charge in [0.05, 0.1) is 10.4 Å². The molecule has 1 aliphatic heterocycles. The second-order valence-electron chi connectivity index (χ2n) is 4.86. The Morgan fingerprint density at radius 3 is 2.81 bits per heavy atom. The minimum Gasteiger partial charge on any atom is -0.376 e. The highest BCUT2D eigenvalue weighted by molar-refractivity contribution is 9.10. The van der Waals surface area contributed by atoms with E-state index in [0.717, 1.165) is 39.0 Å². The predicted molar refractivity (Wildman–Crippen MR) is 68.9 cm³/mol. The van der Waals surface area contributed by atoms with Crippen LogP contribution in [0.3, 0.4) is 0 Å². The molecule has 0 aliphatic carbocycles. The van der Waals surface area contributed by atoms with E-state index in [1.807, 2.05) is 18.7 Å². The van der Waals surface area contributed by atoms with Gasteiger partial charge in [-0.2, -0.15) is 0 Å². The van der Waals surface area contributed by atoms with Gasteiger partial charge < -0.3 is 9.64 Å². The van der Waals surface area contributed by atoms with Crippen LogP contribution in [0.15, 0.2) is 0 Å². The number of likely N-dealkylation sites (tertiary alicyclic amines) is 1. The van der Waals surface area contributed by atoms with Gasteiger partial charge in [-0.3, -0.25) is 4.79 Å².